The number of esters is 1. The van der Waals surface area contributed by atoms with Crippen molar-refractivity contribution in [2.75, 3.05) is 16.3 Å². The van der Waals surface area contributed by atoms with Gasteiger partial charge in [-0.15, -0.1) is 10.2 Å². The molecular weight excluding hydrogens is 494 g/mol. The van der Waals surface area contributed by atoms with Gasteiger partial charge in [0.05, 0.1) is 22.9 Å². The summed E-state index contributed by atoms with van der Waals surface area (Å²) >= 11 is 1.11. The minimum atomic E-state index is -3.88. The number of hydrazone groups is 1. The van der Waals surface area contributed by atoms with Crippen molar-refractivity contribution in [1.82, 2.24) is 10.2 Å². The van der Waals surface area contributed by atoms with E-state index in [4.69, 9.17) is 4.74 Å². The van der Waals surface area contributed by atoms with Crippen LogP contribution in [0.25, 0.3) is 0 Å². The molecule has 0 bridgehead atoms. The van der Waals surface area contributed by atoms with Crippen molar-refractivity contribution >= 4 is 55.5 Å². The molecule has 1 N–H and O–H groups in total. The number of carbonyl (C=O) groups excluding carboxylic acids is 2. The Bertz CT molecular complexity index is 1400. The van der Waals surface area contributed by atoms with E-state index in [9.17, 15) is 18.0 Å². The molecule has 1 aliphatic heterocycles. The zero-order valence-electron chi connectivity index (χ0n) is 18.5. The second kappa shape index (κ2) is 10.1. The number of sulfonamides is 1. The Morgan fingerprint density at radius 1 is 1.14 bits per heavy atom. The minimum absolute atomic E-state index is 0.0229. The zero-order chi connectivity index (χ0) is 25.0. The maximum atomic E-state index is 13.0. The number of nitrogens with zero attached hydrogens (tertiary/aromatic N) is 6. The molecule has 35 heavy (non-hydrogen) atoms. The van der Waals surface area contributed by atoms with Crippen molar-refractivity contribution in [2.45, 2.75) is 24.8 Å². The van der Waals surface area contributed by atoms with Gasteiger partial charge in [0.15, 0.2) is 5.71 Å². The number of hydrogen-bond acceptors (Lipinski definition) is 11. The van der Waals surface area contributed by atoms with Gasteiger partial charge in [0.2, 0.25) is 11.2 Å². The van der Waals surface area contributed by atoms with Crippen molar-refractivity contribution in [1.29, 1.82) is 0 Å². The summed E-state index contributed by atoms with van der Waals surface area (Å²) in [6, 6.07) is 12.8. The lowest BCUT2D eigenvalue weighted by molar-refractivity contribution is -0.135. The van der Waals surface area contributed by atoms with E-state index in [0.29, 0.717) is 10.7 Å². The largest absolute Gasteiger partial charge is 0.461 e. The van der Waals surface area contributed by atoms with Gasteiger partial charge in [0.25, 0.3) is 15.9 Å². The van der Waals surface area contributed by atoms with Crippen molar-refractivity contribution < 1.29 is 22.7 Å². The summed E-state index contributed by atoms with van der Waals surface area (Å²) in [6.07, 6.45) is 0. The number of ether oxygens (including phenoxy) is 1. The number of azo groups is 1. The van der Waals surface area contributed by atoms with Crippen LogP contribution in [0.4, 0.5) is 16.5 Å². The summed E-state index contributed by atoms with van der Waals surface area (Å²) in [5, 5.41) is 21.5. The third-order valence-corrected chi connectivity index (χ3v) is 6.82. The lowest BCUT2D eigenvalue weighted by Crippen LogP contribution is -2.33. The Kier molecular flexibility index (Phi) is 6.93. The normalized spacial score (nSPS) is 15.9. The molecule has 1 aliphatic rings. The average Bonchev–Trinajstić information content (AvgIpc) is 3.40. The average molecular weight is 514 g/mol. The van der Waals surface area contributed by atoms with Crippen LogP contribution in [0.1, 0.15) is 11.9 Å². The second-order valence-electron chi connectivity index (χ2n) is 7.03. The molecule has 0 spiro atoms. The topological polar surface area (TPSA) is 156 Å². The molecule has 0 saturated carbocycles. The minimum Gasteiger partial charge on any atom is -0.461 e. The van der Waals surface area contributed by atoms with E-state index in [-0.39, 0.29) is 28.0 Å². The molecule has 2 heterocycles. The molecular formula is C21H19N7O5S2. The summed E-state index contributed by atoms with van der Waals surface area (Å²) < 4.78 is 32.4. The molecule has 1 aromatic heterocycles. The van der Waals surface area contributed by atoms with Gasteiger partial charge < -0.3 is 4.74 Å². The molecule has 1 amide bonds. The number of anilines is 2. The molecule has 0 fully saturated rings. The van der Waals surface area contributed by atoms with Gasteiger partial charge >= 0.3 is 5.97 Å². The first-order valence-corrected chi connectivity index (χ1v) is 12.6. The van der Waals surface area contributed by atoms with Crippen molar-refractivity contribution in [3.63, 3.8) is 0 Å². The summed E-state index contributed by atoms with van der Waals surface area (Å²) in [5.41, 5.74) is 0.537. The highest BCUT2D eigenvalue weighted by Gasteiger charge is 2.41. The van der Waals surface area contributed by atoms with Crippen LogP contribution in [-0.4, -0.2) is 48.9 Å². The first-order valence-electron chi connectivity index (χ1n) is 10.3. The molecule has 0 saturated heterocycles. The Hall–Kier alpha value is -4.04. The molecule has 4 rings (SSSR count). The number of amides is 1. The molecule has 0 aliphatic carbocycles. The van der Waals surface area contributed by atoms with Crippen LogP contribution in [0.3, 0.4) is 0 Å². The van der Waals surface area contributed by atoms with Gasteiger partial charge in [-0.3, -0.25) is 9.52 Å². The van der Waals surface area contributed by atoms with Gasteiger partial charge in [0.1, 0.15) is 5.01 Å². The summed E-state index contributed by atoms with van der Waals surface area (Å²) in [6.45, 7) is 3.45. The van der Waals surface area contributed by atoms with E-state index < -0.39 is 27.9 Å². The van der Waals surface area contributed by atoms with Crippen molar-refractivity contribution in [3.8, 4) is 0 Å². The lowest BCUT2D eigenvalue weighted by atomic mass is 10.2. The van der Waals surface area contributed by atoms with Crippen LogP contribution >= 0.6 is 11.3 Å². The number of nitrogens with one attached hydrogen (secondary N) is 1. The summed E-state index contributed by atoms with van der Waals surface area (Å²) in [5.74, 6) is -1.35. The van der Waals surface area contributed by atoms with Crippen LogP contribution in [0.5, 0.6) is 0 Å². The molecule has 3 aromatic rings. The van der Waals surface area contributed by atoms with Crippen LogP contribution in [-0.2, 0) is 24.3 Å². The van der Waals surface area contributed by atoms with Crippen LogP contribution in [0, 0.1) is 6.92 Å². The Balaban J connectivity index is 1.54. The Labute approximate surface area is 204 Å². The third kappa shape index (κ3) is 5.38. The van der Waals surface area contributed by atoms with E-state index in [0.717, 1.165) is 16.3 Å². The number of hydrogen-bond donors (Lipinski definition) is 1. The highest BCUT2D eigenvalue weighted by atomic mass is 32.2. The molecule has 2 aromatic carbocycles. The van der Waals surface area contributed by atoms with Crippen LogP contribution < -0.4 is 9.73 Å². The van der Waals surface area contributed by atoms with Gasteiger partial charge in [-0.1, -0.05) is 29.5 Å². The number of benzene rings is 2. The summed E-state index contributed by atoms with van der Waals surface area (Å²) in [7, 11) is -3.88. The molecule has 180 valence electrons. The maximum Gasteiger partial charge on any atom is 0.357 e. The highest BCUT2D eigenvalue weighted by Crippen LogP contribution is 2.25. The first kappa shape index (κ1) is 24.1. The fourth-order valence-corrected chi connectivity index (χ4v) is 4.81. The molecule has 0 radical (unpaired) electrons. The number of aromatic nitrogens is 2. The first-order chi connectivity index (χ1) is 16.8. The van der Waals surface area contributed by atoms with E-state index in [1.807, 2.05) is 0 Å². The zero-order valence-corrected chi connectivity index (χ0v) is 20.2. The predicted octanol–water partition coefficient (Wildman–Crippen LogP) is 3.07. The Morgan fingerprint density at radius 2 is 1.86 bits per heavy atom. The summed E-state index contributed by atoms with van der Waals surface area (Å²) in [4.78, 5) is 25.3. The van der Waals surface area contributed by atoms with E-state index >= 15 is 0 Å². The van der Waals surface area contributed by atoms with Gasteiger partial charge in [-0.2, -0.15) is 20.3 Å². The van der Waals surface area contributed by atoms with Crippen LogP contribution in [0.15, 0.2) is 74.8 Å². The van der Waals surface area contributed by atoms with Crippen molar-refractivity contribution in [3.05, 3.63) is 59.6 Å². The lowest BCUT2D eigenvalue weighted by Gasteiger charge is -2.11. The van der Waals surface area contributed by atoms with Gasteiger partial charge in [0, 0.05) is 0 Å². The van der Waals surface area contributed by atoms with E-state index in [1.54, 1.807) is 44.2 Å². The van der Waals surface area contributed by atoms with Gasteiger partial charge in [-0.05, 0) is 50.2 Å². The standard InChI is InChI=1S/C21H19N7O5S2/c1-3-33-20(30)18-17(19(29)28(26-18)15-7-5-4-6-8-15)24-23-14-9-11-16(12-10-14)35(31,32)27-21-25-22-13(2)34-21/h4-12,17H,3H2,1-2H3,(H,25,27). The predicted molar refractivity (Wildman–Crippen MR) is 128 cm³/mol. The SMILES string of the molecule is CCOC(=O)C1=NN(c2ccccc2)C(=O)C1N=Nc1ccc(S(=O)(=O)Nc2nnc(C)s2)cc1. The van der Waals surface area contributed by atoms with E-state index in [2.05, 4.69) is 30.2 Å². The van der Waals surface area contributed by atoms with Gasteiger partial charge in [-0.25, -0.2) is 13.2 Å². The molecule has 12 nitrogen and oxygen atoms in total. The quantitative estimate of drug-likeness (QED) is 0.358. The number of rotatable bonds is 8. The van der Waals surface area contributed by atoms with E-state index in [1.165, 1.54) is 24.3 Å². The molecule has 1 unspecified atom stereocenters. The number of para-hydroxylation sites is 1. The Morgan fingerprint density at radius 3 is 2.49 bits per heavy atom. The smallest absolute Gasteiger partial charge is 0.357 e. The van der Waals surface area contributed by atoms with Crippen LogP contribution in [0.2, 0.25) is 0 Å². The van der Waals surface area contributed by atoms with Crippen molar-refractivity contribution in [2.24, 2.45) is 15.3 Å². The fourth-order valence-electron chi connectivity index (χ4n) is 2.99. The number of aryl methyl sites for hydroxylation is 1. The highest BCUT2D eigenvalue weighted by molar-refractivity contribution is 7.93. The second-order valence-corrected chi connectivity index (χ2v) is 9.90. The monoisotopic (exact) mass is 513 g/mol. The number of carbonyl (C=O) groups is 2. The molecule has 14 heteroatoms. The molecule has 1 atom stereocenters. The fraction of sp³-hybridized carbons (Fsp3) is 0.190. The third-order valence-electron chi connectivity index (χ3n) is 4.58. The maximum absolute atomic E-state index is 13.0.